The number of urea groups is 1. The zero-order chi connectivity index (χ0) is 15.6. The Morgan fingerprint density at radius 3 is 2.36 bits per heavy atom. The van der Waals surface area contributed by atoms with Crippen molar-refractivity contribution >= 4 is 11.9 Å². The summed E-state index contributed by atoms with van der Waals surface area (Å²) in [7, 11) is 0. The molecular weight excluding hydrogens is 280 g/mol. The van der Waals surface area contributed by atoms with Gasteiger partial charge in [0.05, 0.1) is 12.6 Å². The highest BCUT2D eigenvalue weighted by molar-refractivity contribution is 6.07. The second kappa shape index (κ2) is 6.08. The molecule has 3 amide bonds. The average molecular weight is 302 g/mol. The normalized spacial score (nSPS) is 22.5. The minimum atomic E-state index is -0.850. The molecule has 1 aliphatic carbocycles. The second-order valence-corrected chi connectivity index (χ2v) is 6.27. The van der Waals surface area contributed by atoms with Gasteiger partial charge in [-0.1, -0.05) is 56.0 Å². The highest BCUT2D eigenvalue weighted by Gasteiger charge is 2.50. The smallest absolute Gasteiger partial charge is 0.325 e. The van der Waals surface area contributed by atoms with E-state index in [-0.39, 0.29) is 18.5 Å². The third-order valence-corrected chi connectivity index (χ3v) is 4.74. The van der Waals surface area contributed by atoms with Crippen LogP contribution in [-0.2, 0) is 4.79 Å². The van der Waals surface area contributed by atoms with Gasteiger partial charge in [-0.25, -0.2) is 4.79 Å². The summed E-state index contributed by atoms with van der Waals surface area (Å²) in [5.74, 6) is -0.172. The molecule has 0 aromatic heterocycles. The molecular formula is C17H22N2O3. The highest BCUT2D eigenvalue weighted by atomic mass is 16.3. The van der Waals surface area contributed by atoms with Gasteiger partial charge in [0, 0.05) is 0 Å². The number of aliphatic hydroxyl groups is 1. The van der Waals surface area contributed by atoms with Crippen molar-refractivity contribution in [3.05, 3.63) is 35.9 Å². The van der Waals surface area contributed by atoms with Gasteiger partial charge in [-0.05, 0) is 18.4 Å². The molecule has 5 heteroatoms. The molecule has 2 N–H and O–H groups in total. The first-order valence-corrected chi connectivity index (χ1v) is 7.99. The molecule has 22 heavy (non-hydrogen) atoms. The van der Waals surface area contributed by atoms with E-state index in [4.69, 9.17) is 0 Å². The molecule has 0 radical (unpaired) electrons. The number of amides is 3. The zero-order valence-corrected chi connectivity index (χ0v) is 12.6. The topological polar surface area (TPSA) is 69.6 Å². The van der Waals surface area contributed by atoms with Crippen molar-refractivity contribution < 1.29 is 14.7 Å². The molecule has 1 aromatic carbocycles. The van der Waals surface area contributed by atoms with Crippen molar-refractivity contribution in [3.8, 4) is 0 Å². The van der Waals surface area contributed by atoms with Crippen molar-refractivity contribution in [1.82, 2.24) is 10.2 Å². The van der Waals surface area contributed by atoms with Crippen LogP contribution in [0.3, 0.4) is 0 Å². The van der Waals surface area contributed by atoms with Crippen molar-refractivity contribution in [1.29, 1.82) is 0 Å². The van der Waals surface area contributed by atoms with Gasteiger partial charge in [-0.3, -0.25) is 9.69 Å². The van der Waals surface area contributed by atoms with Crippen LogP contribution < -0.4 is 5.32 Å². The molecule has 1 saturated carbocycles. The minimum absolute atomic E-state index is 0.0103. The summed E-state index contributed by atoms with van der Waals surface area (Å²) in [6.45, 7) is 0.0103. The predicted molar refractivity (Wildman–Crippen MR) is 82.1 cm³/mol. The number of hydrogen-bond acceptors (Lipinski definition) is 3. The number of β-amino-alcohol motifs (C(OH)–C–C–N with tert-alkyl or cyclic N) is 1. The summed E-state index contributed by atoms with van der Waals surface area (Å²) in [5.41, 5.74) is -0.0193. The molecule has 3 rings (SSSR count). The first kappa shape index (κ1) is 15.0. The van der Waals surface area contributed by atoms with E-state index in [9.17, 15) is 14.7 Å². The molecule has 2 aliphatic rings. The van der Waals surface area contributed by atoms with E-state index in [1.54, 1.807) is 12.1 Å². The number of nitrogens with zero attached hydrogens (tertiary/aromatic N) is 1. The van der Waals surface area contributed by atoms with Crippen molar-refractivity contribution in [2.45, 2.75) is 50.2 Å². The predicted octanol–water partition coefficient (Wildman–Crippen LogP) is 2.36. The van der Waals surface area contributed by atoms with E-state index in [2.05, 4.69) is 5.32 Å². The van der Waals surface area contributed by atoms with Crippen LogP contribution in [0.25, 0.3) is 0 Å². The largest absolute Gasteiger partial charge is 0.387 e. The Morgan fingerprint density at radius 1 is 1.09 bits per heavy atom. The maximum atomic E-state index is 12.7. The van der Waals surface area contributed by atoms with Gasteiger partial charge in [0.2, 0.25) is 0 Å². The Labute approximate surface area is 130 Å². The van der Waals surface area contributed by atoms with E-state index in [1.165, 1.54) is 4.90 Å². The molecule has 1 saturated heterocycles. The molecule has 1 heterocycles. The van der Waals surface area contributed by atoms with Crippen LogP contribution in [0.4, 0.5) is 4.79 Å². The van der Waals surface area contributed by atoms with Gasteiger partial charge in [0.25, 0.3) is 5.91 Å². The third kappa shape index (κ3) is 2.73. The Bertz CT molecular complexity index is 550. The Morgan fingerprint density at radius 2 is 1.73 bits per heavy atom. The van der Waals surface area contributed by atoms with Crippen molar-refractivity contribution in [2.24, 2.45) is 0 Å². The van der Waals surface area contributed by atoms with E-state index in [0.29, 0.717) is 18.4 Å². The van der Waals surface area contributed by atoms with Crippen LogP contribution in [-0.4, -0.2) is 34.0 Å². The van der Waals surface area contributed by atoms with Gasteiger partial charge >= 0.3 is 6.03 Å². The summed E-state index contributed by atoms with van der Waals surface area (Å²) in [5, 5.41) is 13.2. The summed E-state index contributed by atoms with van der Waals surface area (Å²) in [6, 6.07) is 8.75. The molecule has 1 unspecified atom stereocenters. The summed E-state index contributed by atoms with van der Waals surface area (Å²) < 4.78 is 0. The van der Waals surface area contributed by atoms with E-state index in [0.717, 1.165) is 25.7 Å². The lowest BCUT2D eigenvalue weighted by atomic mass is 9.90. The van der Waals surface area contributed by atoms with Gasteiger partial charge in [0.15, 0.2) is 0 Å². The molecule has 2 fully saturated rings. The van der Waals surface area contributed by atoms with Gasteiger partial charge in [-0.15, -0.1) is 0 Å². The lowest BCUT2D eigenvalue weighted by Crippen LogP contribution is -2.46. The van der Waals surface area contributed by atoms with Crippen LogP contribution >= 0.6 is 0 Å². The lowest BCUT2D eigenvalue weighted by molar-refractivity contribution is -0.132. The van der Waals surface area contributed by atoms with E-state index in [1.807, 2.05) is 18.2 Å². The first-order chi connectivity index (χ1) is 10.6. The second-order valence-electron chi connectivity index (χ2n) is 6.27. The highest BCUT2D eigenvalue weighted by Crippen LogP contribution is 2.33. The van der Waals surface area contributed by atoms with Gasteiger partial charge in [-0.2, -0.15) is 0 Å². The summed E-state index contributed by atoms with van der Waals surface area (Å²) >= 11 is 0. The van der Waals surface area contributed by atoms with Crippen molar-refractivity contribution in [3.63, 3.8) is 0 Å². The lowest BCUT2D eigenvalue weighted by Gasteiger charge is -2.25. The molecule has 118 valence electrons. The molecule has 1 spiro atoms. The van der Waals surface area contributed by atoms with Crippen LogP contribution in [0, 0.1) is 0 Å². The number of rotatable bonds is 3. The third-order valence-electron chi connectivity index (χ3n) is 4.74. The maximum Gasteiger partial charge on any atom is 0.325 e. The van der Waals surface area contributed by atoms with Crippen LogP contribution in [0.5, 0.6) is 0 Å². The fourth-order valence-electron chi connectivity index (χ4n) is 3.47. The summed E-state index contributed by atoms with van der Waals surface area (Å²) in [4.78, 5) is 26.1. The minimum Gasteiger partial charge on any atom is -0.387 e. The maximum absolute atomic E-state index is 12.7. The Balaban J connectivity index is 1.74. The van der Waals surface area contributed by atoms with Gasteiger partial charge < -0.3 is 10.4 Å². The fraction of sp³-hybridized carbons (Fsp3) is 0.529. The summed E-state index contributed by atoms with van der Waals surface area (Å²) in [6.07, 6.45) is 4.69. The Kier molecular flexibility index (Phi) is 4.16. The number of hydrogen-bond donors (Lipinski definition) is 2. The quantitative estimate of drug-likeness (QED) is 0.842. The number of imide groups is 1. The molecule has 1 aliphatic heterocycles. The number of aliphatic hydroxyl groups excluding tert-OH is 1. The van der Waals surface area contributed by atoms with Crippen LogP contribution in [0.2, 0.25) is 0 Å². The Hall–Kier alpha value is -1.88. The molecule has 1 atom stereocenters. The number of carbonyl (C=O) groups excluding carboxylic acids is 2. The zero-order valence-electron chi connectivity index (χ0n) is 12.6. The number of carbonyl (C=O) groups is 2. The average Bonchev–Trinajstić information content (AvgIpc) is 2.72. The number of nitrogens with one attached hydrogen (secondary N) is 1. The SMILES string of the molecule is O=C1NC2(CCCCCC2)C(=O)N1CC(O)c1ccccc1. The molecule has 5 nitrogen and oxygen atoms in total. The van der Waals surface area contributed by atoms with Crippen molar-refractivity contribution in [2.75, 3.05) is 6.54 Å². The first-order valence-electron chi connectivity index (χ1n) is 7.99. The standard InChI is InChI=1S/C17H22N2O3/c20-14(13-8-4-3-5-9-13)12-19-15(21)17(18-16(19)22)10-6-1-2-7-11-17/h3-5,8-9,14,20H,1-2,6-7,10-12H2,(H,18,22). The van der Waals surface area contributed by atoms with Crippen LogP contribution in [0.1, 0.15) is 50.2 Å². The number of benzene rings is 1. The fourth-order valence-corrected chi connectivity index (χ4v) is 3.47. The monoisotopic (exact) mass is 302 g/mol. The van der Waals surface area contributed by atoms with Crippen LogP contribution in [0.15, 0.2) is 30.3 Å². The molecule has 0 bridgehead atoms. The van der Waals surface area contributed by atoms with E-state index >= 15 is 0 Å². The molecule has 1 aromatic rings. The van der Waals surface area contributed by atoms with Gasteiger partial charge in [0.1, 0.15) is 5.54 Å². The van der Waals surface area contributed by atoms with E-state index < -0.39 is 11.6 Å².